The molecule has 0 aliphatic carbocycles. The van der Waals surface area contributed by atoms with Gasteiger partial charge >= 0.3 is 0 Å². The van der Waals surface area contributed by atoms with Crippen LogP contribution in [0.25, 0.3) is 0 Å². The zero-order chi connectivity index (χ0) is 14.7. The molecular weight excluding hydrogens is 266 g/mol. The normalized spacial score (nSPS) is 19.8. The van der Waals surface area contributed by atoms with Crippen LogP contribution in [0.15, 0.2) is 28.9 Å². The first-order chi connectivity index (χ1) is 10.2. The van der Waals surface area contributed by atoms with Gasteiger partial charge in [0.15, 0.2) is 0 Å². The standard InChI is InChI=1S/C16H23N3O2/c1-3-14-6-7-16(21-14)12(2)18-13-9-17-19(10-13)11-15-5-4-8-20-15/h6-7,9-10,12,15,18H,3-5,8,11H2,1-2H3/t12-,15+/m0/s1. The van der Waals surface area contributed by atoms with E-state index in [0.29, 0.717) is 6.10 Å². The molecule has 0 radical (unpaired) electrons. The number of aryl methyl sites for hydroxylation is 1. The smallest absolute Gasteiger partial charge is 0.126 e. The van der Waals surface area contributed by atoms with E-state index in [9.17, 15) is 0 Å². The average Bonchev–Trinajstić information content (AvgIpc) is 3.20. The maximum Gasteiger partial charge on any atom is 0.126 e. The molecule has 5 nitrogen and oxygen atoms in total. The molecule has 2 aromatic heterocycles. The molecule has 3 rings (SSSR count). The van der Waals surface area contributed by atoms with E-state index < -0.39 is 0 Å². The van der Waals surface area contributed by atoms with E-state index in [1.807, 2.05) is 29.2 Å². The molecule has 1 aliphatic rings. The van der Waals surface area contributed by atoms with E-state index in [2.05, 4.69) is 24.3 Å². The quantitative estimate of drug-likeness (QED) is 0.885. The van der Waals surface area contributed by atoms with Gasteiger partial charge < -0.3 is 14.5 Å². The number of rotatable bonds is 6. The molecule has 2 aromatic rings. The first-order valence-corrected chi connectivity index (χ1v) is 7.74. The minimum atomic E-state index is 0.130. The molecule has 0 unspecified atom stereocenters. The van der Waals surface area contributed by atoms with E-state index in [4.69, 9.17) is 9.15 Å². The SMILES string of the molecule is CCc1ccc([C@H](C)Nc2cnn(C[C@H]3CCCO3)c2)o1. The fourth-order valence-electron chi connectivity index (χ4n) is 2.67. The highest BCUT2D eigenvalue weighted by molar-refractivity contribution is 5.40. The summed E-state index contributed by atoms with van der Waals surface area (Å²) >= 11 is 0. The predicted octanol–water partition coefficient (Wildman–Crippen LogP) is 3.39. The lowest BCUT2D eigenvalue weighted by Gasteiger charge is -2.11. The van der Waals surface area contributed by atoms with Crippen LogP contribution in [0.3, 0.4) is 0 Å². The summed E-state index contributed by atoms with van der Waals surface area (Å²) in [7, 11) is 0. The van der Waals surface area contributed by atoms with Crippen molar-refractivity contribution in [3.05, 3.63) is 36.0 Å². The molecule has 0 saturated carbocycles. The average molecular weight is 289 g/mol. The van der Waals surface area contributed by atoms with Gasteiger partial charge in [-0.3, -0.25) is 4.68 Å². The zero-order valence-electron chi connectivity index (χ0n) is 12.7. The van der Waals surface area contributed by atoms with Crippen LogP contribution in [0, 0.1) is 0 Å². The van der Waals surface area contributed by atoms with Gasteiger partial charge in [-0.05, 0) is 31.9 Å². The Hall–Kier alpha value is -1.75. The summed E-state index contributed by atoms with van der Waals surface area (Å²) in [5.41, 5.74) is 1.01. The zero-order valence-corrected chi connectivity index (χ0v) is 12.7. The van der Waals surface area contributed by atoms with E-state index in [-0.39, 0.29) is 6.04 Å². The fraction of sp³-hybridized carbons (Fsp3) is 0.562. The second-order valence-corrected chi connectivity index (χ2v) is 5.61. The van der Waals surface area contributed by atoms with Crippen LogP contribution in [0.2, 0.25) is 0 Å². The molecule has 0 amide bonds. The molecule has 1 saturated heterocycles. The molecule has 2 atom stereocenters. The largest absolute Gasteiger partial charge is 0.464 e. The summed E-state index contributed by atoms with van der Waals surface area (Å²) in [6, 6.07) is 4.20. The third-order valence-corrected chi connectivity index (χ3v) is 3.89. The Labute approximate surface area is 125 Å². The van der Waals surface area contributed by atoms with Crippen molar-refractivity contribution in [1.29, 1.82) is 0 Å². The van der Waals surface area contributed by atoms with Crippen molar-refractivity contribution in [3.63, 3.8) is 0 Å². The number of furan rings is 1. The van der Waals surface area contributed by atoms with Crippen molar-refractivity contribution < 1.29 is 9.15 Å². The third-order valence-electron chi connectivity index (χ3n) is 3.89. The molecule has 21 heavy (non-hydrogen) atoms. The summed E-state index contributed by atoms with van der Waals surface area (Å²) in [5.74, 6) is 1.98. The summed E-state index contributed by atoms with van der Waals surface area (Å²) < 4.78 is 13.4. The van der Waals surface area contributed by atoms with Crippen LogP contribution in [0.4, 0.5) is 5.69 Å². The maximum atomic E-state index is 5.77. The van der Waals surface area contributed by atoms with Gasteiger partial charge in [0.25, 0.3) is 0 Å². The molecule has 1 fully saturated rings. The molecule has 1 N–H and O–H groups in total. The van der Waals surface area contributed by atoms with Crippen molar-refractivity contribution in [2.45, 2.75) is 51.8 Å². The molecular formula is C16H23N3O2. The minimum Gasteiger partial charge on any atom is -0.464 e. The Morgan fingerprint density at radius 3 is 3.10 bits per heavy atom. The van der Waals surface area contributed by atoms with Gasteiger partial charge in [0, 0.05) is 19.2 Å². The summed E-state index contributed by atoms with van der Waals surface area (Å²) in [6.45, 7) is 5.90. The van der Waals surface area contributed by atoms with Crippen LogP contribution in [0.5, 0.6) is 0 Å². The van der Waals surface area contributed by atoms with E-state index in [0.717, 1.165) is 49.6 Å². The van der Waals surface area contributed by atoms with Gasteiger partial charge in [-0.1, -0.05) is 6.92 Å². The Kier molecular flexibility index (Phi) is 4.29. The van der Waals surface area contributed by atoms with Crippen LogP contribution in [-0.2, 0) is 17.7 Å². The van der Waals surface area contributed by atoms with Crippen molar-refractivity contribution >= 4 is 5.69 Å². The monoisotopic (exact) mass is 289 g/mol. The van der Waals surface area contributed by atoms with Gasteiger partial charge in [-0.25, -0.2) is 0 Å². The number of aromatic nitrogens is 2. The number of hydrogen-bond acceptors (Lipinski definition) is 4. The van der Waals surface area contributed by atoms with Crippen molar-refractivity contribution in [3.8, 4) is 0 Å². The first kappa shape index (κ1) is 14.2. The number of ether oxygens (including phenoxy) is 1. The van der Waals surface area contributed by atoms with Crippen molar-refractivity contribution in [2.75, 3.05) is 11.9 Å². The lowest BCUT2D eigenvalue weighted by atomic mass is 10.2. The Bertz CT molecular complexity index is 570. The molecule has 5 heteroatoms. The highest BCUT2D eigenvalue weighted by Crippen LogP contribution is 2.22. The van der Waals surface area contributed by atoms with Crippen LogP contribution >= 0.6 is 0 Å². The van der Waals surface area contributed by atoms with Gasteiger partial charge in [0.1, 0.15) is 11.5 Å². The van der Waals surface area contributed by atoms with Crippen molar-refractivity contribution in [2.24, 2.45) is 0 Å². The second kappa shape index (κ2) is 6.35. The van der Waals surface area contributed by atoms with Gasteiger partial charge in [-0.2, -0.15) is 5.10 Å². The number of hydrogen-bond donors (Lipinski definition) is 1. The summed E-state index contributed by atoms with van der Waals surface area (Å²) in [5, 5.41) is 7.81. The molecule has 1 aliphatic heterocycles. The van der Waals surface area contributed by atoms with Crippen molar-refractivity contribution in [1.82, 2.24) is 9.78 Å². The van der Waals surface area contributed by atoms with Gasteiger partial charge in [0.2, 0.25) is 0 Å². The van der Waals surface area contributed by atoms with Crippen LogP contribution in [0.1, 0.15) is 44.3 Å². The lowest BCUT2D eigenvalue weighted by Crippen LogP contribution is -2.15. The van der Waals surface area contributed by atoms with E-state index in [1.54, 1.807) is 0 Å². The molecule has 3 heterocycles. The van der Waals surface area contributed by atoms with Gasteiger partial charge in [0.05, 0.1) is 30.6 Å². The van der Waals surface area contributed by atoms with Crippen LogP contribution < -0.4 is 5.32 Å². The molecule has 0 aromatic carbocycles. The Morgan fingerprint density at radius 1 is 1.48 bits per heavy atom. The van der Waals surface area contributed by atoms with E-state index >= 15 is 0 Å². The molecule has 0 spiro atoms. The summed E-state index contributed by atoms with van der Waals surface area (Å²) in [4.78, 5) is 0. The maximum absolute atomic E-state index is 5.77. The van der Waals surface area contributed by atoms with Crippen LogP contribution in [-0.4, -0.2) is 22.5 Å². The number of anilines is 1. The second-order valence-electron chi connectivity index (χ2n) is 5.61. The topological polar surface area (TPSA) is 52.2 Å². The van der Waals surface area contributed by atoms with E-state index in [1.165, 1.54) is 0 Å². The predicted molar refractivity (Wildman–Crippen MR) is 81.3 cm³/mol. The highest BCUT2D eigenvalue weighted by atomic mass is 16.5. The molecule has 0 bridgehead atoms. The number of nitrogens with one attached hydrogen (secondary N) is 1. The fourth-order valence-corrected chi connectivity index (χ4v) is 2.67. The Morgan fingerprint density at radius 2 is 2.38 bits per heavy atom. The molecule has 114 valence electrons. The Balaban J connectivity index is 1.58. The highest BCUT2D eigenvalue weighted by Gasteiger charge is 2.17. The minimum absolute atomic E-state index is 0.130. The van der Waals surface area contributed by atoms with Gasteiger partial charge in [-0.15, -0.1) is 0 Å². The lowest BCUT2D eigenvalue weighted by molar-refractivity contribution is 0.0940. The number of nitrogens with zero attached hydrogens (tertiary/aromatic N) is 2. The first-order valence-electron chi connectivity index (χ1n) is 7.74. The third kappa shape index (κ3) is 3.47. The summed E-state index contributed by atoms with van der Waals surface area (Å²) in [6.07, 6.45) is 7.41.